The Kier molecular flexibility index (Phi) is 7.48. The molecule has 2 bridgehead atoms. The van der Waals surface area contributed by atoms with Crippen LogP contribution in [0, 0.1) is 16.7 Å². The van der Waals surface area contributed by atoms with Gasteiger partial charge in [-0.25, -0.2) is 0 Å². The van der Waals surface area contributed by atoms with Crippen LogP contribution in [-0.2, 0) is 38.1 Å². The van der Waals surface area contributed by atoms with Crippen LogP contribution in [0.2, 0.25) is 0 Å². The summed E-state index contributed by atoms with van der Waals surface area (Å²) in [5, 5.41) is 0. The summed E-state index contributed by atoms with van der Waals surface area (Å²) in [6, 6.07) is 5.09. The average Bonchev–Trinajstić information content (AvgIpc) is 3.46. The molecule has 1 saturated heterocycles. The van der Waals surface area contributed by atoms with E-state index in [-0.39, 0.29) is 34.7 Å². The van der Waals surface area contributed by atoms with Gasteiger partial charge in [0.2, 0.25) is 0 Å². The lowest BCUT2D eigenvalue weighted by Gasteiger charge is -2.50. The van der Waals surface area contributed by atoms with E-state index in [0.29, 0.717) is 5.92 Å². The van der Waals surface area contributed by atoms with Crippen LogP contribution in [0.15, 0.2) is 24.3 Å². The lowest BCUT2D eigenvalue weighted by Crippen LogP contribution is -2.68. The first-order valence-electron chi connectivity index (χ1n) is 14.0. The van der Waals surface area contributed by atoms with Gasteiger partial charge in [0.15, 0.2) is 18.5 Å². The van der Waals surface area contributed by atoms with E-state index in [0.717, 1.165) is 24.2 Å². The maximum absolute atomic E-state index is 13.7. The molecule has 4 aliphatic rings. The Morgan fingerprint density at radius 3 is 2.02 bits per heavy atom. The zero-order valence-electron chi connectivity index (χ0n) is 24.2. The van der Waals surface area contributed by atoms with Gasteiger partial charge in [0.1, 0.15) is 18.8 Å². The Morgan fingerprint density at radius 2 is 1.51 bits per heavy atom. The third kappa shape index (κ3) is 5.03. The van der Waals surface area contributed by atoms with Crippen LogP contribution >= 0.6 is 0 Å². The van der Waals surface area contributed by atoms with Gasteiger partial charge in [-0.2, -0.15) is 0 Å². The molecule has 2 amide bonds. The Morgan fingerprint density at radius 1 is 0.927 bits per heavy atom. The zero-order valence-corrected chi connectivity index (χ0v) is 24.2. The molecule has 2 heterocycles. The number of amides is 2. The van der Waals surface area contributed by atoms with Crippen LogP contribution in [0.5, 0.6) is 0 Å². The summed E-state index contributed by atoms with van der Waals surface area (Å²) >= 11 is 0. The molecule has 0 aromatic heterocycles. The van der Waals surface area contributed by atoms with Gasteiger partial charge in [0, 0.05) is 20.8 Å². The number of imide groups is 1. The molecule has 0 unspecified atom stereocenters. The van der Waals surface area contributed by atoms with Gasteiger partial charge in [-0.1, -0.05) is 32.9 Å². The second-order valence-electron chi connectivity index (χ2n) is 12.4. The van der Waals surface area contributed by atoms with Gasteiger partial charge in [0.25, 0.3) is 11.8 Å². The highest BCUT2D eigenvalue weighted by Crippen LogP contribution is 2.64. The van der Waals surface area contributed by atoms with E-state index >= 15 is 0 Å². The van der Waals surface area contributed by atoms with Gasteiger partial charge >= 0.3 is 17.9 Å². The summed E-state index contributed by atoms with van der Waals surface area (Å²) in [5.41, 5.74) is -0.0518. The molecule has 5 rings (SSSR count). The molecule has 8 atom stereocenters. The van der Waals surface area contributed by atoms with E-state index in [1.807, 2.05) is 0 Å². The quantitative estimate of drug-likeness (QED) is 0.273. The highest BCUT2D eigenvalue weighted by atomic mass is 16.7. The first kappa shape index (κ1) is 29.2. The van der Waals surface area contributed by atoms with E-state index < -0.39 is 60.4 Å². The smallest absolute Gasteiger partial charge is 0.303 e. The van der Waals surface area contributed by atoms with Crippen molar-refractivity contribution in [2.24, 2.45) is 16.7 Å². The SMILES string of the molecule is CC(=O)OC[C@H]1O[C@@H](O[C@@H]2C(C)(C)[C@H]3CC[C@]2(C)C3)[C@H](N2C(=O)c3ccccc3C2=O)[C@@H](OC(C)=O)[C@@H]1OC(C)=O. The summed E-state index contributed by atoms with van der Waals surface area (Å²) in [5.74, 6) is -2.85. The number of ether oxygens (including phenoxy) is 5. The van der Waals surface area contributed by atoms with Gasteiger partial charge < -0.3 is 23.7 Å². The Balaban J connectivity index is 1.61. The fraction of sp³-hybridized carbons (Fsp3) is 0.633. The summed E-state index contributed by atoms with van der Waals surface area (Å²) in [4.78, 5) is 64.9. The molecule has 0 radical (unpaired) electrons. The minimum absolute atomic E-state index is 0.181. The normalized spacial score (nSPS) is 35.3. The van der Waals surface area contributed by atoms with Crippen LogP contribution in [-0.4, -0.2) is 78.0 Å². The number of hydrogen-bond donors (Lipinski definition) is 0. The van der Waals surface area contributed by atoms with Gasteiger partial charge in [-0.3, -0.25) is 28.9 Å². The van der Waals surface area contributed by atoms with Crippen molar-refractivity contribution in [1.29, 1.82) is 0 Å². The van der Waals surface area contributed by atoms with Crippen LogP contribution in [0.1, 0.15) is 81.5 Å². The van der Waals surface area contributed by atoms with Crippen molar-refractivity contribution in [3.8, 4) is 0 Å². The maximum atomic E-state index is 13.7. The average molecular weight is 572 g/mol. The van der Waals surface area contributed by atoms with Crippen molar-refractivity contribution in [3.63, 3.8) is 0 Å². The predicted octanol–water partition coefficient (Wildman–Crippen LogP) is 3.03. The summed E-state index contributed by atoms with van der Waals surface area (Å²) in [6.07, 6.45) is -2.44. The highest BCUT2D eigenvalue weighted by molar-refractivity contribution is 6.21. The van der Waals surface area contributed by atoms with E-state index in [1.54, 1.807) is 24.3 Å². The fourth-order valence-corrected chi connectivity index (χ4v) is 7.48. The lowest BCUT2D eigenvalue weighted by molar-refractivity contribution is -0.311. The highest BCUT2D eigenvalue weighted by Gasteiger charge is 2.63. The zero-order chi connectivity index (χ0) is 29.9. The summed E-state index contributed by atoms with van der Waals surface area (Å²) in [6.45, 7) is 9.66. The first-order valence-corrected chi connectivity index (χ1v) is 14.0. The lowest BCUT2D eigenvalue weighted by atomic mass is 9.70. The largest absolute Gasteiger partial charge is 0.463 e. The molecule has 11 heteroatoms. The molecule has 2 aliphatic carbocycles. The Hall–Kier alpha value is -3.31. The number of benzene rings is 1. The third-order valence-corrected chi connectivity index (χ3v) is 9.20. The molecule has 41 heavy (non-hydrogen) atoms. The number of carbonyl (C=O) groups is 5. The summed E-state index contributed by atoms with van der Waals surface area (Å²) in [7, 11) is 0. The van der Waals surface area contributed by atoms with E-state index in [9.17, 15) is 24.0 Å². The number of rotatable bonds is 7. The molecule has 0 N–H and O–H groups in total. The number of fused-ring (bicyclic) bond motifs is 3. The predicted molar refractivity (Wildman–Crippen MR) is 141 cm³/mol. The number of nitrogens with zero attached hydrogens (tertiary/aromatic N) is 1. The van der Waals surface area contributed by atoms with Gasteiger partial charge in [0.05, 0.1) is 17.2 Å². The Labute approximate surface area is 238 Å². The minimum atomic E-state index is -1.37. The maximum Gasteiger partial charge on any atom is 0.303 e. The third-order valence-electron chi connectivity index (χ3n) is 9.20. The molecular weight excluding hydrogens is 534 g/mol. The second kappa shape index (κ2) is 10.5. The van der Waals surface area contributed by atoms with Crippen molar-refractivity contribution < 1.29 is 47.7 Å². The molecule has 2 saturated carbocycles. The first-order chi connectivity index (χ1) is 19.2. The van der Waals surface area contributed by atoms with Crippen molar-refractivity contribution in [1.82, 2.24) is 4.90 Å². The molecule has 2 aliphatic heterocycles. The summed E-state index contributed by atoms with van der Waals surface area (Å²) < 4.78 is 29.7. The minimum Gasteiger partial charge on any atom is -0.463 e. The van der Waals surface area contributed by atoms with Gasteiger partial charge in [-0.05, 0) is 48.1 Å². The monoisotopic (exact) mass is 571 g/mol. The number of hydrogen-bond acceptors (Lipinski definition) is 10. The molecule has 0 spiro atoms. The fourth-order valence-electron chi connectivity index (χ4n) is 7.48. The second-order valence-corrected chi connectivity index (χ2v) is 12.4. The van der Waals surface area contributed by atoms with Crippen LogP contribution < -0.4 is 0 Å². The molecule has 11 nitrogen and oxygen atoms in total. The van der Waals surface area contributed by atoms with Crippen molar-refractivity contribution in [2.45, 2.75) is 97.6 Å². The molecule has 1 aromatic carbocycles. The Bertz CT molecular complexity index is 1240. The van der Waals surface area contributed by atoms with E-state index in [1.165, 1.54) is 20.8 Å². The molecule has 1 aromatic rings. The van der Waals surface area contributed by atoms with Crippen molar-refractivity contribution >= 4 is 29.7 Å². The standard InChI is InChI=1S/C30H37NO10/c1-15(32)37-14-21-23(38-16(2)33)24(39-17(3)34)22(31-25(35)19-9-7-8-10-20(19)26(31)36)27(40-21)41-28-29(4,5)18-11-12-30(28,6)13-18/h7-10,18,21-24,27-28H,11-14H2,1-6H3/t18-,21+,22+,23+,24+,27-,28+,30+/m0/s1. The number of carbonyl (C=O) groups excluding carboxylic acids is 5. The van der Waals surface area contributed by atoms with E-state index in [2.05, 4.69) is 20.8 Å². The number of esters is 3. The molecule has 222 valence electrons. The molecular formula is C30H37NO10. The molecule has 3 fully saturated rings. The van der Waals surface area contributed by atoms with Crippen molar-refractivity contribution in [2.75, 3.05) is 6.61 Å². The topological polar surface area (TPSA) is 135 Å². The van der Waals surface area contributed by atoms with Crippen molar-refractivity contribution in [3.05, 3.63) is 35.4 Å². The van der Waals surface area contributed by atoms with Gasteiger partial charge in [-0.15, -0.1) is 0 Å². The van der Waals surface area contributed by atoms with E-state index in [4.69, 9.17) is 23.7 Å². The van der Waals surface area contributed by atoms with Crippen LogP contribution in [0.4, 0.5) is 0 Å². The van der Waals surface area contributed by atoms with Crippen LogP contribution in [0.25, 0.3) is 0 Å². The van der Waals surface area contributed by atoms with Crippen LogP contribution in [0.3, 0.4) is 0 Å².